The van der Waals surface area contributed by atoms with Gasteiger partial charge in [0.15, 0.2) is 11.1 Å². The smallest absolute Gasteiger partial charge is 1.00 e. The van der Waals surface area contributed by atoms with Gasteiger partial charge < -0.3 is 5.98 Å². The van der Waals surface area contributed by atoms with Gasteiger partial charge in [0.1, 0.15) is 0 Å². The van der Waals surface area contributed by atoms with Gasteiger partial charge in [0.2, 0.25) is 0 Å². The summed E-state index contributed by atoms with van der Waals surface area (Å²) in [6.45, 7) is 0. The summed E-state index contributed by atoms with van der Waals surface area (Å²) in [6, 6.07) is 6.86. The molecule has 1 atom stereocenters. The van der Waals surface area contributed by atoms with E-state index in [1.807, 2.05) is 0 Å². The van der Waals surface area contributed by atoms with Gasteiger partial charge in [-0.3, -0.25) is 0 Å². The predicted molar refractivity (Wildman–Crippen MR) is 49.3 cm³/mol. The molecule has 5 heteroatoms. The monoisotopic (exact) mass is 308 g/mol. The van der Waals surface area contributed by atoms with E-state index in [1.165, 1.54) is 0 Å². The third kappa shape index (κ3) is 4.46. The average Bonchev–Trinajstić information content (AvgIpc) is 1.88. The van der Waals surface area contributed by atoms with E-state index in [4.69, 9.17) is 4.55 Å². The fourth-order valence-corrected chi connectivity index (χ4v) is 1.28. The molecule has 1 aromatic carbocycles. The zero-order valence-corrected chi connectivity index (χ0v) is 12.0. The van der Waals surface area contributed by atoms with Gasteiger partial charge in [0, 0.05) is 3.57 Å². The van der Waals surface area contributed by atoms with Crippen LogP contribution in [0.25, 0.3) is 0 Å². The van der Waals surface area contributed by atoms with E-state index in [9.17, 15) is 4.21 Å². The number of halogens is 1. The van der Waals surface area contributed by atoms with Crippen molar-refractivity contribution in [2.45, 2.75) is 4.90 Å². The van der Waals surface area contributed by atoms with Gasteiger partial charge in [-0.1, -0.05) is 0 Å². The number of hydrogen-bond acceptors (Lipinski definition) is 1. The number of rotatable bonds is 1. The van der Waals surface area contributed by atoms with Crippen molar-refractivity contribution in [1.29, 1.82) is 0 Å². The molecule has 0 aliphatic rings. The molecule has 1 unspecified atom stereocenters. The minimum absolute atomic E-state index is 0. The molecule has 0 radical (unpaired) electrons. The molecule has 0 aliphatic carbocycles. The second-order valence-electron chi connectivity index (χ2n) is 1.70. The van der Waals surface area contributed by atoms with Crippen molar-refractivity contribution in [3.63, 3.8) is 0 Å². The first-order valence-corrected chi connectivity index (χ1v) is 4.75. The van der Waals surface area contributed by atoms with Crippen molar-refractivity contribution in [2.24, 2.45) is 0 Å². The van der Waals surface area contributed by atoms with Crippen LogP contribution >= 0.6 is 22.6 Å². The van der Waals surface area contributed by atoms with Crippen LogP contribution in [-0.4, -0.2) is 8.76 Å². The minimum atomic E-state index is -1.84. The van der Waals surface area contributed by atoms with Gasteiger partial charge in [-0.05, 0) is 46.9 Å². The molecule has 0 aromatic heterocycles. The van der Waals surface area contributed by atoms with Gasteiger partial charge in [-0.25, -0.2) is 4.21 Å². The fraction of sp³-hybridized carbons (Fsp3) is 0. The summed E-state index contributed by atoms with van der Waals surface area (Å²) in [7, 11) is 0. The molecule has 2 nitrogen and oxygen atoms in total. The van der Waals surface area contributed by atoms with E-state index in [2.05, 4.69) is 22.6 Å². The Balaban J connectivity index is 0. The Kier molecular flexibility index (Phi) is 7.15. The third-order valence-electron chi connectivity index (χ3n) is 1.02. The standard InChI is InChI=1S/C6H5IO2S.K.H/c7-5-1-3-6(4-2-5)10(8)9;;/h1-4H,(H,8,9);;/q;+1;-1. The zero-order chi connectivity index (χ0) is 7.56. The maximum absolute atomic E-state index is 10.4. The Morgan fingerprint density at radius 2 is 1.82 bits per heavy atom. The average molecular weight is 308 g/mol. The molecular weight excluding hydrogens is 302 g/mol. The Labute approximate surface area is 125 Å². The molecule has 1 N–H and O–H groups in total. The molecular formula is C6H6IKO2S. The van der Waals surface area contributed by atoms with Crippen LogP contribution in [0, 0.1) is 3.57 Å². The first-order valence-electron chi connectivity index (χ1n) is 2.56. The molecule has 0 bridgehead atoms. The van der Waals surface area contributed by atoms with Gasteiger partial charge in [-0.2, -0.15) is 0 Å². The SMILES string of the molecule is O=S(O)c1ccc(I)cc1.[H-].[K+]. The summed E-state index contributed by atoms with van der Waals surface area (Å²) in [5.74, 6) is 0. The Bertz CT molecular complexity index is 254. The molecule has 0 saturated heterocycles. The normalized spacial score (nSPS) is 11.8. The van der Waals surface area contributed by atoms with Gasteiger partial charge in [0.05, 0.1) is 4.90 Å². The predicted octanol–water partition coefficient (Wildman–Crippen LogP) is -1.01. The first kappa shape index (κ1) is 12.7. The van der Waals surface area contributed by atoms with Crippen LogP contribution in [0.3, 0.4) is 0 Å². The van der Waals surface area contributed by atoms with E-state index in [-0.39, 0.29) is 52.8 Å². The van der Waals surface area contributed by atoms with Crippen LogP contribution in [0.4, 0.5) is 0 Å². The molecule has 0 amide bonds. The Morgan fingerprint density at radius 1 is 1.36 bits per heavy atom. The molecule has 0 aliphatic heterocycles. The van der Waals surface area contributed by atoms with Gasteiger partial charge >= 0.3 is 51.4 Å². The fourth-order valence-electron chi connectivity index (χ4n) is 0.551. The molecule has 0 heterocycles. The topological polar surface area (TPSA) is 37.3 Å². The molecule has 11 heavy (non-hydrogen) atoms. The summed E-state index contributed by atoms with van der Waals surface area (Å²) in [5, 5.41) is 0. The van der Waals surface area contributed by atoms with Crippen molar-refractivity contribution in [2.75, 3.05) is 0 Å². The largest absolute Gasteiger partial charge is 1.00 e. The molecule has 0 fully saturated rings. The van der Waals surface area contributed by atoms with E-state index in [0.29, 0.717) is 4.90 Å². The van der Waals surface area contributed by atoms with Gasteiger partial charge in [0.25, 0.3) is 0 Å². The van der Waals surface area contributed by atoms with Crippen molar-refractivity contribution in [3.05, 3.63) is 27.8 Å². The second-order valence-corrected chi connectivity index (χ2v) is 3.92. The Morgan fingerprint density at radius 3 is 2.18 bits per heavy atom. The van der Waals surface area contributed by atoms with Crippen LogP contribution in [0.2, 0.25) is 0 Å². The van der Waals surface area contributed by atoms with Crippen molar-refractivity contribution in [3.8, 4) is 0 Å². The van der Waals surface area contributed by atoms with E-state index in [1.54, 1.807) is 24.3 Å². The Hall–Kier alpha value is 1.70. The summed E-state index contributed by atoms with van der Waals surface area (Å²) >= 11 is 0.299. The molecule has 1 aromatic rings. The minimum Gasteiger partial charge on any atom is -1.00 e. The van der Waals surface area contributed by atoms with Crippen LogP contribution in [0.15, 0.2) is 29.2 Å². The maximum Gasteiger partial charge on any atom is 1.00 e. The number of benzene rings is 1. The van der Waals surface area contributed by atoms with E-state index in [0.717, 1.165) is 3.57 Å². The zero-order valence-electron chi connectivity index (χ0n) is 6.95. The van der Waals surface area contributed by atoms with Crippen molar-refractivity contribution in [1.82, 2.24) is 0 Å². The molecule has 1 rings (SSSR count). The van der Waals surface area contributed by atoms with Gasteiger partial charge in [-0.15, -0.1) is 0 Å². The number of hydrogen-bond donors (Lipinski definition) is 1. The van der Waals surface area contributed by atoms with E-state index < -0.39 is 11.1 Å². The first-order chi connectivity index (χ1) is 4.70. The summed E-state index contributed by atoms with van der Waals surface area (Å²) < 4.78 is 20.1. The maximum atomic E-state index is 10.4. The van der Waals surface area contributed by atoms with Crippen LogP contribution in [0.1, 0.15) is 1.43 Å². The van der Waals surface area contributed by atoms with Crippen LogP contribution < -0.4 is 51.4 Å². The molecule has 0 saturated carbocycles. The quantitative estimate of drug-likeness (QED) is 0.410. The van der Waals surface area contributed by atoms with Crippen LogP contribution in [0.5, 0.6) is 0 Å². The summed E-state index contributed by atoms with van der Waals surface area (Å²) in [6.07, 6.45) is 0. The second kappa shape index (κ2) is 6.20. The molecule has 56 valence electrons. The van der Waals surface area contributed by atoms with E-state index >= 15 is 0 Å². The summed E-state index contributed by atoms with van der Waals surface area (Å²) in [5.41, 5.74) is 0. The van der Waals surface area contributed by atoms with Crippen molar-refractivity contribution < 1.29 is 61.6 Å². The molecule has 0 spiro atoms. The summed E-state index contributed by atoms with van der Waals surface area (Å²) in [4.78, 5) is 0.445. The van der Waals surface area contributed by atoms with Crippen molar-refractivity contribution >= 4 is 33.7 Å². The third-order valence-corrected chi connectivity index (χ3v) is 2.41. The van der Waals surface area contributed by atoms with Crippen LogP contribution in [-0.2, 0) is 11.1 Å².